The number of rotatable bonds is 3. The summed E-state index contributed by atoms with van der Waals surface area (Å²) in [5.74, 6) is -0.471. The Bertz CT molecular complexity index is 350. The summed E-state index contributed by atoms with van der Waals surface area (Å²) in [6.07, 6.45) is 3.08. The van der Waals surface area contributed by atoms with Gasteiger partial charge in [0.05, 0.1) is 30.5 Å². The van der Waals surface area contributed by atoms with Crippen molar-refractivity contribution in [2.24, 2.45) is 5.73 Å². The van der Waals surface area contributed by atoms with Crippen molar-refractivity contribution in [1.82, 2.24) is 4.98 Å². The Labute approximate surface area is 81.3 Å². The number of hydrogen-bond acceptors (Lipinski definition) is 4. The fourth-order valence-corrected chi connectivity index (χ4v) is 1.26. The van der Waals surface area contributed by atoms with Crippen molar-refractivity contribution in [1.29, 1.82) is 0 Å². The second-order valence-corrected chi connectivity index (χ2v) is 3.16. The average molecular weight is 193 g/mol. The Morgan fingerprint density at radius 2 is 2.43 bits per heavy atom. The zero-order chi connectivity index (χ0) is 9.97. The Morgan fingerprint density at radius 1 is 1.64 bits per heavy atom. The first kappa shape index (κ1) is 8.96. The number of ether oxygens (including phenoxy) is 1. The monoisotopic (exact) mass is 193 g/mol. The summed E-state index contributed by atoms with van der Waals surface area (Å²) in [6, 6.07) is 2.01. The van der Waals surface area contributed by atoms with Gasteiger partial charge in [-0.1, -0.05) is 0 Å². The highest BCUT2D eigenvalue weighted by Crippen LogP contribution is 2.16. The maximum absolute atomic E-state index is 11.0. The predicted molar refractivity (Wildman–Crippen MR) is 51.0 cm³/mol. The molecular formula is C9H11N3O2. The molecule has 14 heavy (non-hydrogen) atoms. The molecular weight excluding hydrogens is 182 g/mol. The molecule has 1 aliphatic rings. The molecule has 2 heterocycles. The molecule has 1 aliphatic heterocycles. The lowest BCUT2D eigenvalue weighted by Gasteiger charge is -2.28. The van der Waals surface area contributed by atoms with Crippen LogP contribution in [-0.2, 0) is 4.74 Å². The van der Waals surface area contributed by atoms with Crippen LogP contribution in [0.3, 0.4) is 0 Å². The van der Waals surface area contributed by atoms with E-state index in [0.717, 1.165) is 5.69 Å². The van der Waals surface area contributed by atoms with Crippen LogP contribution in [0.2, 0.25) is 0 Å². The lowest BCUT2D eigenvalue weighted by atomic mass is 10.2. The molecule has 0 unspecified atom stereocenters. The summed E-state index contributed by atoms with van der Waals surface area (Å²) in [5.41, 5.74) is 6.34. The molecule has 74 valence electrons. The number of nitrogens with one attached hydrogen (secondary N) is 1. The van der Waals surface area contributed by atoms with Crippen molar-refractivity contribution < 1.29 is 9.53 Å². The number of carbonyl (C=O) groups is 1. The van der Waals surface area contributed by atoms with Gasteiger partial charge < -0.3 is 15.8 Å². The van der Waals surface area contributed by atoms with Crippen molar-refractivity contribution in [3.05, 3.63) is 24.0 Å². The minimum absolute atomic E-state index is 0.274. The van der Waals surface area contributed by atoms with Crippen LogP contribution in [0, 0.1) is 0 Å². The summed E-state index contributed by atoms with van der Waals surface area (Å²) in [4.78, 5) is 14.9. The fourth-order valence-electron chi connectivity index (χ4n) is 1.26. The van der Waals surface area contributed by atoms with Crippen LogP contribution in [-0.4, -0.2) is 30.1 Å². The first-order chi connectivity index (χ1) is 6.77. The molecule has 0 bridgehead atoms. The summed E-state index contributed by atoms with van der Waals surface area (Å²) < 4.78 is 5.01. The molecule has 5 nitrogen and oxygen atoms in total. The van der Waals surface area contributed by atoms with E-state index in [0.29, 0.717) is 18.8 Å². The van der Waals surface area contributed by atoms with Gasteiger partial charge in [-0.05, 0) is 6.07 Å². The number of aromatic nitrogens is 1. The molecule has 0 aromatic carbocycles. The van der Waals surface area contributed by atoms with E-state index in [1.807, 2.05) is 0 Å². The normalized spacial score (nSPS) is 16.0. The van der Waals surface area contributed by atoms with Crippen LogP contribution in [0.1, 0.15) is 10.4 Å². The summed E-state index contributed by atoms with van der Waals surface area (Å²) in [5, 5.41) is 3.16. The van der Waals surface area contributed by atoms with Gasteiger partial charge in [0.1, 0.15) is 0 Å². The Hall–Kier alpha value is -1.62. The Morgan fingerprint density at radius 3 is 3.00 bits per heavy atom. The molecule has 1 fully saturated rings. The van der Waals surface area contributed by atoms with Gasteiger partial charge in [-0.3, -0.25) is 9.78 Å². The van der Waals surface area contributed by atoms with Gasteiger partial charge >= 0.3 is 0 Å². The number of carbonyl (C=O) groups excluding carboxylic acids is 1. The van der Waals surface area contributed by atoms with Crippen molar-refractivity contribution in [3.8, 4) is 0 Å². The standard InChI is InChI=1S/C9H11N3O2/c10-9(13)7-3-11-2-1-8(7)12-6-4-14-5-6/h1-3,6H,4-5H2,(H2,10,13)(H,11,12). The quantitative estimate of drug-likeness (QED) is 0.707. The maximum Gasteiger partial charge on any atom is 0.252 e. The van der Waals surface area contributed by atoms with Crippen LogP contribution in [0.5, 0.6) is 0 Å². The third-order valence-electron chi connectivity index (χ3n) is 2.08. The second kappa shape index (κ2) is 3.63. The van der Waals surface area contributed by atoms with Crippen LogP contribution >= 0.6 is 0 Å². The van der Waals surface area contributed by atoms with E-state index in [4.69, 9.17) is 10.5 Å². The molecule has 1 amide bonds. The largest absolute Gasteiger partial charge is 0.377 e. The molecule has 0 atom stereocenters. The van der Waals surface area contributed by atoms with Gasteiger partial charge in [0.15, 0.2) is 0 Å². The molecule has 2 rings (SSSR count). The average Bonchev–Trinajstić information content (AvgIpc) is 2.12. The van der Waals surface area contributed by atoms with Crippen molar-refractivity contribution in [3.63, 3.8) is 0 Å². The highest BCUT2D eigenvalue weighted by Gasteiger charge is 2.19. The molecule has 0 saturated carbocycles. The maximum atomic E-state index is 11.0. The van der Waals surface area contributed by atoms with Gasteiger partial charge in [-0.2, -0.15) is 0 Å². The Balaban J connectivity index is 2.17. The van der Waals surface area contributed by atoms with E-state index in [1.165, 1.54) is 6.20 Å². The topological polar surface area (TPSA) is 77.2 Å². The number of nitrogens with two attached hydrogens (primary N) is 1. The van der Waals surface area contributed by atoms with Crippen molar-refractivity contribution >= 4 is 11.6 Å². The van der Waals surface area contributed by atoms with Crippen molar-refractivity contribution in [2.75, 3.05) is 18.5 Å². The van der Waals surface area contributed by atoms with E-state index < -0.39 is 5.91 Å². The first-order valence-corrected chi connectivity index (χ1v) is 4.35. The molecule has 3 N–H and O–H groups in total. The highest BCUT2D eigenvalue weighted by atomic mass is 16.5. The minimum atomic E-state index is -0.471. The van der Waals surface area contributed by atoms with Crippen molar-refractivity contribution in [2.45, 2.75) is 6.04 Å². The fraction of sp³-hybridized carbons (Fsp3) is 0.333. The molecule has 1 aromatic rings. The first-order valence-electron chi connectivity index (χ1n) is 4.35. The molecule has 0 aliphatic carbocycles. The smallest absolute Gasteiger partial charge is 0.252 e. The molecule has 0 radical (unpaired) electrons. The third-order valence-corrected chi connectivity index (χ3v) is 2.08. The van der Waals surface area contributed by atoms with Gasteiger partial charge in [0.2, 0.25) is 0 Å². The predicted octanol–water partition coefficient (Wildman–Crippen LogP) is -0.00880. The lowest BCUT2D eigenvalue weighted by Crippen LogP contribution is -2.40. The minimum Gasteiger partial charge on any atom is -0.377 e. The van der Waals surface area contributed by atoms with Gasteiger partial charge in [0, 0.05) is 12.4 Å². The van der Waals surface area contributed by atoms with E-state index in [-0.39, 0.29) is 6.04 Å². The zero-order valence-corrected chi connectivity index (χ0v) is 7.56. The van der Waals surface area contributed by atoms with E-state index in [9.17, 15) is 4.79 Å². The number of primary amides is 1. The molecule has 1 aromatic heterocycles. The second-order valence-electron chi connectivity index (χ2n) is 3.16. The number of nitrogens with zero attached hydrogens (tertiary/aromatic N) is 1. The van der Waals surface area contributed by atoms with Gasteiger partial charge in [0.25, 0.3) is 5.91 Å². The van der Waals surface area contributed by atoms with Crippen LogP contribution in [0.25, 0.3) is 0 Å². The number of pyridine rings is 1. The van der Waals surface area contributed by atoms with Gasteiger partial charge in [-0.15, -0.1) is 0 Å². The lowest BCUT2D eigenvalue weighted by molar-refractivity contribution is 0.0210. The summed E-state index contributed by atoms with van der Waals surface area (Å²) in [6.45, 7) is 1.33. The number of anilines is 1. The van der Waals surface area contributed by atoms with E-state index in [2.05, 4.69) is 10.3 Å². The molecule has 0 spiro atoms. The zero-order valence-electron chi connectivity index (χ0n) is 7.56. The van der Waals surface area contributed by atoms with Gasteiger partial charge in [-0.25, -0.2) is 0 Å². The van der Waals surface area contributed by atoms with E-state index >= 15 is 0 Å². The SMILES string of the molecule is NC(=O)c1cnccc1NC1COC1. The van der Waals surface area contributed by atoms with Crippen LogP contribution in [0.4, 0.5) is 5.69 Å². The van der Waals surface area contributed by atoms with Crippen LogP contribution < -0.4 is 11.1 Å². The van der Waals surface area contributed by atoms with E-state index in [1.54, 1.807) is 12.3 Å². The Kier molecular flexibility index (Phi) is 2.32. The van der Waals surface area contributed by atoms with Crippen LogP contribution in [0.15, 0.2) is 18.5 Å². The highest BCUT2D eigenvalue weighted by molar-refractivity contribution is 5.98. The molecule has 5 heteroatoms. The number of amides is 1. The summed E-state index contributed by atoms with van der Waals surface area (Å²) in [7, 11) is 0. The number of hydrogen-bond donors (Lipinski definition) is 2. The molecule has 1 saturated heterocycles. The summed E-state index contributed by atoms with van der Waals surface area (Å²) >= 11 is 0. The third kappa shape index (κ3) is 1.67.